The second-order valence-electron chi connectivity index (χ2n) is 7.11. The summed E-state index contributed by atoms with van der Waals surface area (Å²) in [6.45, 7) is -0.123. The first-order chi connectivity index (χ1) is 14.6. The van der Waals surface area contributed by atoms with E-state index in [4.69, 9.17) is 0 Å². The van der Waals surface area contributed by atoms with Crippen molar-refractivity contribution in [2.24, 2.45) is 0 Å². The van der Waals surface area contributed by atoms with Crippen LogP contribution in [0.1, 0.15) is 5.82 Å². The molecule has 30 heavy (non-hydrogen) atoms. The number of aliphatic hydroxyl groups is 1. The second-order valence-corrected chi connectivity index (χ2v) is 7.11. The Morgan fingerprint density at radius 3 is 2.77 bits per heavy atom. The number of nitrogens with one attached hydrogen (secondary N) is 2. The maximum atomic E-state index is 9.30. The van der Waals surface area contributed by atoms with Crippen LogP contribution in [0.4, 0.5) is 17.5 Å². The minimum absolute atomic E-state index is 0.123. The number of aliphatic hydroxyl groups excluding tert-OH is 1. The molecule has 0 atom stereocenters. The Kier molecular flexibility index (Phi) is 4.29. The number of nitrogens with zero attached hydrogens (tertiary/aromatic N) is 6. The van der Waals surface area contributed by atoms with E-state index in [1.807, 2.05) is 67.5 Å². The number of anilines is 3. The van der Waals surface area contributed by atoms with Gasteiger partial charge in [0, 0.05) is 19.7 Å². The van der Waals surface area contributed by atoms with Gasteiger partial charge in [-0.1, -0.05) is 12.1 Å². The Bertz CT molecular complexity index is 1340. The third-order valence-electron chi connectivity index (χ3n) is 4.80. The molecular weight excluding hydrogens is 380 g/mol. The van der Waals surface area contributed by atoms with Crippen LogP contribution in [0.2, 0.25) is 0 Å². The van der Waals surface area contributed by atoms with E-state index in [1.165, 1.54) is 0 Å². The minimum Gasteiger partial charge on any atom is -0.388 e. The molecule has 150 valence electrons. The number of fused-ring (bicyclic) bond motifs is 2. The normalized spacial score (nSPS) is 11.3. The van der Waals surface area contributed by atoms with Gasteiger partial charge in [-0.3, -0.25) is 0 Å². The van der Waals surface area contributed by atoms with Crippen molar-refractivity contribution in [2.75, 3.05) is 24.3 Å². The molecule has 0 radical (unpaired) electrons. The molecule has 0 amide bonds. The summed E-state index contributed by atoms with van der Waals surface area (Å²) < 4.78 is 1.80. The van der Waals surface area contributed by atoms with E-state index < -0.39 is 0 Å². The molecule has 5 aromatic rings. The van der Waals surface area contributed by atoms with Crippen molar-refractivity contribution in [1.82, 2.24) is 29.5 Å². The number of H-pyrrole nitrogens is 1. The largest absolute Gasteiger partial charge is 0.388 e. The average Bonchev–Trinajstić information content (AvgIpc) is 3.36. The summed E-state index contributed by atoms with van der Waals surface area (Å²) >= 11 is 0. The molecule has 0 spiro atoms. The van der Waals surface area contributed by atoms with Crippen LogP contribution in [0.15, 0.2) is 54.7 Å². The molecule has 0 aliphatic carbocycles. The highest BCUT2D eigenvalue weighted by atomic mass is 16.3. The Morgan fingerprint density at radius 1 is 1.10 bits per heavy atom. The number of imidazole rings is 1. The highest BCUT2D eigenvalue weighted by molar-refractivity contribution is 5.81. The lowest BCUT2D eigenvalue weighted by molar-refractivity contribution is 0.273. The highest BCUT2D eigenvalue weighted by Gasteiger charge is 2.11. The van der Waals surface area contributed by atoms with Gasteiger partial charge in [0.2, 0.25) is 5.95 Å². The van der Waals surface area contributed by atoms with Gasteiger partial charge in [0.15, 0.2) is 5.65 Å². The van der Waals surface area contributed by atoms with Crippen molar-refractivity contribution in [2.45, 2.75) is 6.61 Å². The first kappa shape index (κ1) is 18.1. The summed E-state index contributed by atoms with van der Waals surface area (Å²) in [6.07, 6.45) is 1.76. The van der Waals surface area contributed by atoms with Gasteiger partial charge in [0.05, 0.1) is 28.6 Å². The molecule has 1 aromatic carbocycles. The van der Waals surface area contributed by atoms with Gasteiger partial charge < -0.3 is 20.3 Å². The van der Waals surface area contributed by atoms with Crippen LogP contribution in [0.25, 0.3) is 27.9 Å². The average molecular weight is 400 g/mol. The Hall–Kier alpha value is -3.98. The number of rotatable bonds is 5. The van der Waals surface area contributed by atoms with Crippen molar-refractivity contribution in [1.29, 1.82) is 0 Å². The number of benzene rings is 1. The molecule has 0 bridgehead atoms. The quantitative estimate of drug-likeness (QED) is 0.416. The highest BCUT2D eigenvalue weighted by Crippen LogP contribution is 2.25. The molecule has 5 rings (SSSR count). The fraction of sp³-hybridized carbons (Fsp3) is 0.143. The van der Waals surface area contributed by atoms with Gasteiger partial charge >= 0.3 is 0 Å². The van der Waals surface area contributed by atoms with Crippen molar-refractivity contribution in [3.05, 3.63) is 60.6 Å². The van der Waals surface area contributed by atoms with Gasteiger partial charge in [-0.05, 0) is 36.4 Å². The van der Waals surface area contributed by atoms with E-state index in [1.54, 1.807) is 10.7 Å². The first-order valence-corrected chi connectivity index (χ1v) is 9.47. The number of hydrogen-bond acceptors (Lipinski definition) is 7. The monoisotopic (exact) mass is 400 g/mol. The summed E-state index contributed by atoms with van der Waals surface area (Å²) in [6, 6.07) is 15.6. The lowest BCUT2D eigenvalue weighted by atomic mass is 10.1. The molecular formula is C21H20N8O. The molecule has 0 aliphatic heterocycles. The zero-order valence-corrected chi connectivity index (χ0v) is 16.5. The third kappa shape index (κ3) is 3.20. The van der Waals surface area contributed by atoms with Crippen LogP contribution in [0.3, 0.4) is 0 Å². The van der Waals surface area contributed by atoms with E-state index in [9.17, 15) is 5.11 Å². The van der Waals surface area contributed by atoms with Crippen LogP contribution < -0.4 is 10.2 Å². The van der Waals surface area contributed by atoms with Gasteiger partial charge in [-0.15, -0.1) is 5.10 Å². The van der Waals surface area contributed by atoms with Crippen LogP contribution in [-0.2, 0) is 6.61 Å². The summed E-state index contributed by atoms with van der Waals surface area (Å²) in [5.41, 5.74) is 5.08. The maximum absolute atomic E-state index is 9.30. The molecule has 3 N–H and O–H groups in total. The standard InChI is InChI=1S/C21H20N8O/c1-28(2)19-9-7-14(11-22-19)23-21-26-20-5-3-4-17(29(20)27-21)13-6-8-15-16(10-13)25-18(12-30)24-15/h3-11,30H,12H2,1-2H3,(H,23,27)(H,24,25). The Balaban J connectivity index is 1.50. The minimum atomic E-state index is -0.123. The second kappa shape index (κ2) is 7.12. The van der Waals surface area contributed by atoms with E-state index in [-0.39, 0.29) is 6.61 Å². The van der Waals surface area contributed by atoms with Gasteiger partial charge in [-0.2, -0.15) is 4.98 Å². The number of aromatic amines is 1. The van der Waals surface area contributed by atoms with Crippen LogP contribution >= 0.6 is 0 Å². The van der Waals surface area contributed by atoms with Crippen LogP contribution in [0, 0.1) is 0 Å². The predicted molar refractivity (Wildman–Crippen MR) is 116 cm³/mol. The Morgan fingerprint density at radius 2 is 2.00 bits per heavy atom. The molecule has 0 fully saturated rings. The number of pyridine rings is 2. The topological polar surface area (TPSA) is 107 Å². The number of hydrogen-bond donors (Lipinski definition) is 3. The summed E-state index contributed by atoms with van der Waals surface area (Å²) in [4.78, 5) is 18.4. The molecule has 0 unspecified atom stereocenters. The summed E-state index contributed by atoms with van der Waals surface area (Å²) in [5, 5.41) is 17.1. The zero-order chi connectivity index (χ0) is 20.7. The van der Waals surface area contributed by atoms with Crippen LogP contribution in [-0.4, -0.2) is 48.8 Å². The Labute approximate surface area is 172 Å². The third-order valence-corrected chi connectivity index (χ3v) is 4.80. The van der Waals surface area contributed by atoms with Crippen molar-refractivity contribution in [3.8, 4) is 11.3 Å². The SMILES string of the molecule is CN(C)c1ccc(Nc2nc3cccc(-c4ccc5nc(CO)[nH]c5c4)n3n2)cn1. The summed E-state index contributed by atoms with van der Waals surface area (Å²) in [7, 11) is 3.90. The molecule has 0 saturated heterocycles. The molecule has 9 heteroatoms. The molecule has 0 aliphatic rings. The van der Waals surface area contributed by atoms with Crippen molar-refractivity contribution >= 4 is 34.1 Å². The van der Waals surface area contributed by atoms with Gasteiger partial charge in [0.1, 0.15) is 18.2 Å². The fourth-order valence-corrected chi connectivity index (χ4v) is 3.33. The van der Waals surface area contributed by atoms with Crippen LogP contribution in [0.5, 0.6) is 0 Å². The van der Waals surface area contributed by atoms with Crippen molar-refractivity contribution in [3.63, 3.8) is 0 Å². The van der Waals surface area contributed by atoms with Gasteiger partial charge in [0.25, 0.3) is 0 Å². The molecule has 9 nitrogen and oxygen atoms in total. The van der Waals surface area contributed by atoms with Gasteiger partial charge in [-0.25, -0.2) is 14.5 Å². The lowest BCUT2D eigenvalue weighted by Gasteiger charge is -2.11. The van der Waals surface area contributed by atoms with E-state index in [2.05, 4.69) is 30.4 Å². The predicted octanol–water partition coefficient (Wildman–Crippen LogP) is 2.97. The first-order valence-electron chi connectivity index (χ1n) is 9.47. The lowest BCUT2D eigenvalue weighted by Crippen LogP contribution is -2.10. The molecule has 4 aromatic heterocycles. The summed E-state index contributed by atoms with van der Waals surface area (Å²) in [5.74, 6) is 1.91. The van der Waals surface area contributed by atoms with E-state index in [0.717, 1.165) is 39.4 Å². The fourth-order valence-electron chi connectivity index (χ4n) is 3.33. The van der Waals surface area contributed by atoms with E-state index in [0.29, 0.717) is 11.8 Å². The molecule has 4 heterocycles. The zero-order valence-electron chi connectivity index (χ0n) is 16.5. The number of aromatic nitrogens is 6. The smallest absolute Gasteiger partial charge is 0.247 e. The maximum Gasteiger partial charge on any atom is 0.247 e. The van der Waals surface area contributed by atoms with Crippen molar-refractivity contribution < 1.29 is 5.11 Å². The molecule has 0 saturated carbocycles. The van der Waals surface area contributed by atoms with E-state index >= 15 is 0 Å².